The van der Waals surface area contributed by atoms with Gasteiger partial charge in [-0.15, -0.1) is 22.7 Å². The van der Waals surface area contributed by atoms with Crippen LogP contribution in [0.1, 0.15) is 11.1 Å². The number of para-hydroxylation sites is 2. The van der Waals surface area contributed by atoms with Crippen LogP contribution in [0, 0.1) is 13.8 Å². The van der Waals surface area contributed by atoms with Gasteiger partial charge in [0.2, 0.25) is 0 Å². The summed E-state index contributed by atoms with van der Waals surface area (Å²) in [4.78, 5) is 0. The highest BCUT2D eigenvalue weighted by atomic mass is 32.1. The van der Waals surface area contributed by atoms with Crippen molar-refractivity contribution in [3.63, 3.8) is 0 Å². The SMILES string of the molecule is Cc1ccccc1-c1ccc2c(c1)c1c3sc4ccccc4n4c5ccc(-c6ccccc6C)cc5c(c5sc6ccccc6n2c51)c34. The predicted molar refractivity (Wildman–Crippen MR) is 209 cm³/mol. The van der Waals surface area contributed by atoms with E-state index < -0.39 is 0 Å². The Labute approximate surface area is 284 Å². The molecule has 0 aliphatic carbocycles. The minimum atomic E-state index is 1.26. The molecule has 0 radical (unpaired) electrons. The van der Waals surface area contributed by atoms with Gasteiger partial charge in [0.15, 0.2) is 0 Å². The second-order valence-electron chi connectivity index (χ2n) is 13.0. The number of nitrogens with zero attached hydrogens (tertiary/aromatic N) is 2. The summed E-state index contributed by atoms with van der Waals surface area (Å²) in [6.07, 6.45) is 0. The maximum absolute atomic E-state index is 2.55. The van der Waals surface area contributed by atoms with Crippen LogP contribution in [0.5, 0.6) is 0 Å². The topological polar surface area (TPSA) is 8.82 Å². The monoisotopic (exact) mass is 648 g/mol. The zero-order valence-corrected chi connectivity index (χ0v) is 28.0. The van der Waals surface area contributed by atoms with Gasteiger partial charge in [-0.25, -0.2) is 0 Å². The smallest absolute Gasteiger partial charge is 0.0736 e. The van der Waals surface area contributed by atoms with Gasteiger partial charge in [0.25, 0.3) is 0 Å². The number of hydrogen-bond acceptors (Lipinski definition) is 2. The van der Waals surface area contributed by atoms with Gasteiger partial charge < -0.3 is 8.80 Å². The molecule has 7 aromatic carbocycles. The fraction of sp³-hybridized carbons (Fsp3) is 0.0455. The Kier molecular flexibility index (Phi) is 5.31. The van der Waals surface area contributed by atoms with E-state index in [2.05, 4.69) is 156 Å². The lowest BCUT2D eigenvalue weighted by Gasteiger charge is -2.11. The lowest BCUT2D eigenvalue weighted by atomic mass is 9.98. The number of hydrogen-bond donors (Lipinski definition) is 0. The normalized spacial score (nSPS) is 12.4. The lowest BCUT2D eigenvalue weighted by molar-refractivity contribution is 1.35. The summed E-state index contributed by atoms with van der Waals surface area (Å²) < 4.78 is 10.4. The fourth-order valence-corrected chi connectivity index (χ4v) is 10.7. The van der Waals surface area contributed by atoms with Crippen LogP contribution in [0.25, 0.3) is 95.7 Å². The standard InChI is InChI=1S/C44H28N2S2/c1-25-11-3-5-13-29(25)27-19-21-33-31(23-27)39-41-44(48-37-17-9-7-15-35(37)45(33)41)40-32-24-28(30-14-6-4-12-26(30)2)20-22-34(32)46-36-16-8-10-18-38(36)47-43(39)42(40)46/h3-24H,1-2H3. The molecule has 0 N–H and O–H groups in total. The molecular weight excluding hydrogens is 621 g/mol. The molecule has 0 fully saturated rings. The third-order valence-corrected chi connectivity index (χ3v) is 12.7. The highest BCUT2D eigenvalue weighted by molar-refractivity contribution is 7.27. The molecular formula is C44H28N2S2. The average Bonchev–Trinajstić information content (AvgIpc) is 3.65. The minimum Gasteiger partial charge on any atom is -0.306 e. The van der Waals surface area contributed by atoms with Gasteiger partial charge in [-0.05, 0) is 95.8 Å². The summed E-state index contributed by atoms with van der Waals surface area (Å²) in [6.45, 7) is 4.43. The number of benzene rings is 7. The van der Waals surface area contributed by atoms with Crippen LogP contribution in [-0.4, -0.2) is 8.80 Å². The van der Waals surface area contributed by atoms with Gasteiger partial charge in [-0.3, -0.25) is 0 Å². The predicted octanol–water partition coefficient (Wildman–Crippen LogP) is 13.2. The van der Waals surface area contributed by atoms with Gasteiger partial charge in [0.05, 0.1) is 51.9 Å². The van der Waals surface area contributed by atoms with Crippen molar-refractivity contribution in [2.24, 2.45) is 0 Å². The second kappa shape index (κ2) is 9.57. The summed E-state index contributed by atoms with van der Waals surface area (Å²) in [5, 5.41) is 5.33. The number of aromatic nitrogens is 2. The molecule has 0 amide bonds. The molecule has 0 aliphatic rings. The molecule has 0 unspecified atom stereocenters. The first-order valence-corrected chi connectivity index (χ1v) is 18.1. The molecule has 4 aromatic heterocycles. The minimum absolute atomic E-state index is 1.26. The van der Waals surface area contributed by atoms with Crippen molar-refractivity contribution in [3.8, 4) is 22.3 Å². The Balaban J connectivity index is 1.43. The highest BCUT2D eigenvalue weighted by Gasteiger charge is 2.26. The second-order valence-corrected chi connectivity index (χ2v) is 15.1. The van der Waals surface area contributed by atoms with E-state index in [0.717, 1.165) is 0 Å². The number of rotatable bonds is 2. The van der Waals surface area contributed by atoms with Gasteiger partial charge >= 0.3 is 0 Å². The Hall–Kier alpha value is -5.42. The number of aryl methyl sites for hydroxylation is 2. The molecule has 0 saturated carbocycles. The van der Waals surface area contributed by atoms with Crippen LogP contribution < -0.4 is 0 Å². The Morgan fingerprint density at radius 2 is 0.833 bits per heavy atom. The quantitative estimate of drug-likeness (QED) is 0.165. The summed E-state index contributed by atoms with van der Waals surface area (Å²) in [7, 11) is 0. The maximum atomic E-state index is 2.55. The van der Waals surface area contributed by atoms with E-state index in [4.69, 9.17) is 0 Å². The summed E-state index contributed by atoms with van der Waals surface area (Å²) in [5.74, 6) is 0. The van der Waals surface area contributed by atoms with E-state index in [1.165, 1.54) is 107 Å². The Morgan fingerprint density at radius 1 is 0.417 bits per heavy atom. The molecule has 4 heterocycles. The molecule has 11 aromatic rings. The van der Waals surface area contributed by atoms with Crippen molar-refractivity contribution in [2.45, 2.75) is 13.8 Å². The molecule has 0 aliphatic heterocycles. The molecule has 0 spiro atoms. The van der Waals surface area contributed by atoms with E-state index in [1.54, 1.807) is 0 Å². The maximum Gasteiger partial charge on any atom is 0.0736 e. The third-order valence-electron chi connectivity index (χ3n) is 10.4. The molecule has 2 nitrogen and oxygen atoms in total. The van der Waals surface area contributed by atoms with E-state index in [-0.39, 0.29) is 0 Å². The van der Waals surface area contributed by atoms with Gasteiger partial charge in [-0.1, -0.05) is 84.9 Å². The molecule has 226 valence electrons. The van der Waals surface area contributed by atoms with Crippen LogP contribution in [0.2, 0.25) is 0 Å². The van der Waals surface area contributed by atoms with Crippen molar-refractivity contribution < 1.29 is 0 Å². The Morgan fingerprint density at radius 3 is 1.29 bits per heavy atom. The van der Waals surface area contributed by atoms with E-state index in [0.29, 0.717) is 0 Å². The van der Waals surface area contributed by atoms with Crippen molar-refractivity contribution in [2.75, 3.05) is 0 Å². The molecule has 0 bridgehead atoms. The van der Waals surface area contributed by atoms with Crippen LogP contribution in [0.3, 0.4) is 0 Å². The zero-order chi connectivity index (χ0) is 31.7. The van der Waals surface area contributed by atoms with Crippen molar-refractivity contribution >= 4 is 96.1 Å². The van der Waals surface area contributed by atoms with E-state index in [1.807, 2.05) is 22.7 Å². The van der Waals surface area contributed by atoms with Crippen LogP contribution in [0.4, 0.5) is 0 Å². The van der Waals surface area contributed by atoms with Crippen molar-refractivity contribution in [1.82, 2.24) is 8.80 Å². The van der Waals surface area contributed by atoms with Gasteiger partial charge in [-0.2, -0.15) is 0 Å². The highest BCUT2D eigenvalue weighted by Crippen LogP contribution is 2.51. The largest absolute Gasteiger partial charge is 0.306 e. The molecule has 0 saturated heterocycles. The average molecular weight is 649 g/mol. The Bertz CT molecular complexity index is 2930. The van der Waals surface area contributed by atoms with E-state index >= 15 is 0 Å². The first-order valence-electron chi connectivity index (χ1n) is 16.4. The van der Waals surface area contributed by atoms with Crippen molar-refractivity contribution in [3.05, 3.63) is 145 Å². The van der Waals surface area contributed by atoms with E-state index in [9.17, 15) is 0 Å². The van der Waals surface area contributed by atoms with Gasteiger partial charge in [0.1, 0.15) is 0 Å². The fourth-order valence-electron chi connectivity index (χ4n) is 8.21. The van der Waals surface area contributed by atoms with Crippen molar-refractivity contribution in [1.29, 1.82) is 0 Å². The summed E-state index contributed by atoms with van der Waals surface area (Å²) in [5.41, 5.74) is 15.4. The van der Waals surface area contributed by atoms with Crippen LogP contribution in [0.15, 0.2) is 133 Å². The third kappa shape index (κ3) is 3.41. The summed E-state index contributed by atoms with van der Waals surface area (Å²) in [6, 6.07) is 49.6. The first-order chi connectivity index (χ1) is 23.7. The molecule has 48 heavy (non-hydrogen) atoms. The lowest BCUT2D eigenvalue weighted by Crippen LogP contribution is -1.91. The van der Waals surface area contributed by atoms with Crippen LogP contribution >= 0.6 is 22.7 Å². The van der Waals surface area contributed by atoms with Crippen LogP contribution in [-0.2, 0) is 0 Å². The molecule has 4 heteroatoms. The molecule has 11 rings (SSSR count). The number of fused-ring (bicyclic) bond motifs is 12. The zero-order valence-electron chi connectivity index (χ0n) is 26.4. The molecule has 0 atom stereocenters. The van der Waals surface area contributed by atoms with Gasteiger partial charge in [0, 0.05) is 21.5 Å². The summed E-state index contributed by atoms with van der Waals surface area (Å²) >= 11 is 3.87. The first kappa shape index (κ1) is 26.6.